The Morgan fingerprint density at radius 1 is 0.887 bits per heavy atom. The average Bonchev–Trinajstić information content (AvgIpc) is 3.29. The quantitative estimate of drug-likeness (QED) is 0.0631. The van der Waals surface area contributed by atoms with Crippen molar-refractivity contribution in [2.24, 2.45) is 16.2 Å². The number of sulfonamides is 1. The summed E-state index contributed by atoms with van der Waals surface area (Å²) in [5, 5.41) is 12.4. The molecule has 2 bridgehead atoms. The maximum atomic E-state index is 14.3. The first kappa shape index (κ1) is 52.9. The van der Waals surface area contributed by atoms with Gasteiger partial charge in [0.05, 0.1) is 10.6 Å². The van der Waals surface area contributed by atoms with Crippen LogP contribution in [0.3, 0.4) is 0 Å². The zero-order chi connectivity index (χ0) is 51.1. The number of hydrogen-bond acceptors (Lipinski definition) is 11. The van der Waals surface area contributed by atoms with Crippen LogP contribution in [0.1, 0.15) is 82.0 Å². The molecule has 3 N–H and O–H groups in total. The molecule has 2 saturated heterocycles. The van der Waals surface area contributed by atoms with Crippen LogP contribution >= 0.6 is 11.8 Å². The van der Waals surface area contributed by atoms with Crippen molar-refractivity contribution in [2.75, 3.05) is 75.4 Å². The summed E-state index contributed by atoms with van der Waals surface area (Å²) in [5.74, 6) is -0.768. The number of nitrogens with one attached hydrogen (secondary N) is 2. The molecular formula is C50H63F5N6O7S3. The Morgan fingerprint density at radius 3 is 2.14 bits per heavy atom. The van der Waals surface area contributed by atoms with E-state index in [9.17, 15) is 53.5 Å². The van der Waals surface area contributed by atoms with Crippen molar-refractivity contribution >= 4 is 55.0 Å². The first-order valence-electron chi connectivity index (χ1n) is 24.1. The predicted molar refractivity (Wildman–Crippen MR) is 263 cm³/mol. The molecule has 3 aromatic rings. The number of piperidine rings is 1. The van der Waals surface area contributed by atoms with Gasteiger partial charge in [0.2, 0.25) is 6.43 Å². The average molecular weight is 1050 g/mol. The van der Waals surface area contributed by atoms with Gasteiger partial charge in [0.15, 0.2) is 0 Å². The molecule has 0 spiro atoms. The minimum Gasteiger partial charge on any atom is -0.465 e. The number of piperazine rings is 1. The van der Waals surface area contributed by atoms with Gasteiger partial charge in [-0.3, -0.25) is 9.69 Å². The van der Waals surface area contributed by atoms with Crippen molar-refractivity contribution in [2.45, 2.75) is 110 Å². The number of likely N-dealkylation sites (tertiary alicyclic amines) is 1. The van der Waals surface area contributed by atoms with Gasteiger partial charge in [-0.1, -0.05) is 43.2 Å². The lowest BCUT2D eigenvalue weighted by Gasteiger charge is -2.72. The number of carbonyl (C=O) groups excluding carboxylic acids is 1. The number of sulfone groups is 1. The number of benzene rings is 3. The Labute approximate surface area is 417 Å². The largest absolute Gasteiger partial charge is 0.501 e. The number of nitrogens with zero attached hydrogens (tertiary/aromatic N) is 4. The lowest BCUT2D eigenvalue weighted by molar-refractivity contribution is -0.250. The topological polar surface area (TPSA) is 160 Å². The molecule has 2 heterocycles. The molecule has 21 heteroatoms. The summed E-state index contributed by atoms with van der Waals surface area (Å²) in [6, 6.07) is 17.0. The van der Waals surface area contributed by atoms with Crippen molar-refractivity contribution in [1.82, 2.24) is 19.4 Å². The maximum absolute atomic E-state index is 14.3. The van der Waals surface area contributed by atoms with Crippen LogP contribution in [0.25, 0.3) is 0 Å². The Kier molecular flexibility index (Phi) is 15.2. The van der Waals surface area contributed by atoms with E-state index in [2.05, 4.69) is 33.9 Å². The van der Waals surface area contributed by atoms with E-state index in [1.54, 1.807) is 12.1 Å². The highest BCUT2D eigenvalue weighted by molar-refractivity contribution is 7.99. The highest BCUT2D eigenvalue weighted by Crippen LogP contribution is 2.79. The standard InChI is InChI=1S/C50H63F5N6O7S3/c1-47(2)19-15-35(41(28-47)48-31-49(32-48,33-48)45(51)52)29-60-23-25-61(26-24-60)38-11-9-34(10-12-38)44(62)57-71(67,68)40-13-14-42(43(27-40)70(65,66)50(53,54)55)56-36(30-69-39-7-5-4-6-8-39)16-20-59-21-17-37(18-22-59)58(3)46(63)64/h4-14,27,36-37,45,56H,15-26,28-33H2,1-3H3,(H,57,62)(H,63,64). The lowest BCUT2D eigenvalue weighted by Crippen LogP contribution is -2.66. The third-order valence-electron chi connectivity index (χ3n) is 15.5. The number of anilines is 2. The van der Waals surface area contributed by atoms with Crippen molar-refractivity contribution in [3.8, 4) is 0 Å². The van der Waals surface area contributed by atoms with Crippen LogP contribution in [-0.2, 0) is 19.9 Å². The SMILES string of the molecule is CN(C(=O)O)C1CCN(CCC(CSc2ccccc2)Nc2ccc(S(=O)(=O)NC(=O)c3ccc(N4CCN(CC5=C(C67CC(C(F)F)(C6)C7)CC(C)(C)CC5)CC4)cc3)cc2S(=O)(=O)C(F)(F)F)CC1. The van der Waals surface area contributed by atoms with Gasteiger partial charge in [0, 0.05) is 98.8 Å². The van der Waals surface area contributed by atoms with Gasteiger partial charge >= 0.3 is 11.6 Å². The van der Waals surface area contributed by atoms with Gasteiger partial charge in [0.25, 0.3) is 25.8 Å². The van der Waals surface area contributed by atoms with Gasteiger partial charge < -0.3 is 25.1 Å². The second-order valence-electron chi connectivity index (χ2n) is 21.0. The van der Waals surface area contributed by atoms with Crippen LogP contribution in [-0.4, -0.2) is 138 Å². The number of hydrogen-bond donors (Lipinski definition) is 3. The molecule has 9 rings (SSSR count). The first-order valence-corrected chi connectivity index (χ1v) is 28.1. The summed E-state index contributed by atoms with van der Waals surface area (Å²) in [6.45, 7) is 9.83. The Morgan fingerprint density at radius 2 is 1.54 bits per heavy atom. The molecular weight excluding hydrogens is 988 g/mol. The normalized spacial score (nSPS) is 23.7. The van der Waals surface area contributed by atoms with E-state index in [0.717, 1.165) is 61.6 Å². The second kappa shape index (κ2) is 20.5. The number of halogens is 5. The van der Waals surface area contributed by atoms with Crippen LogP contribution in [0.15, 0.2) is 98.6 Å². The van der Waals surface area contributed by atoms with Gasteiger partial charge in [-0.25, -0.2) is 35.1 Å². The lowest BCUT2D eigenvalue weighted by atomic mass is 9.32. The molecule has 13 nitrogen and oxygen atoms in total. The fraction of sp³-hybridized carbons (Fsp3) is 0.560. The summed E-state index contributed by atoms with van der Waals surface area (Å²) in [7, 11) is -9.51. The third-order valence-corrected chi connectivity index (χ3v) is 19.5. The fourth-order valence-electron chi connectivity index (χ4n) is 11.3. The van der Waals surface area contributed by atoms with Crippen LogP contribution in [0.4, 0.5) is 38.1 Å². The van der Waals surface area contributed by atoms with Crippen molar-refractivity contribution in [3.05, 3.63) is 89.5 Å². The number of rotatable bonds is 18. The summed E-state index contributed by atoms with van der Waals surface area (Å²) in [6.07, 6.45) is 2.99. The Bertz CT molecular complexity index is 2670. The number of carboxylic acid groups (broad SMARTS) is 1. The van der Waals surface area contributed by atoms with Gasteiger partial charge in [0.1, 0.15) is 4.90 Å². The summed E-state index contributed by atoms with van der Waals surface area (Å²) in [5.41, 5.74) is -3.37. The van der Waals surface area contributed by atoms with Gasteiger partial charge in [-0.05, 0) is 123 Å². The van der Waals surface area contributed by atoms with Crippen molar-refractivity contribution in [1.29, 1.82) is 0 Å². The summed E-state index contributed by atoms with van der Waals surface area (Å²) in [4.78, 5) is 31.5. The van der Waals surface area contributed by atoms with Crippen molar-refractivity contribution < 1.29 is 53.5 Å². The fourth-order valence-corrected chi connectivity index (χ4v) is 14.3. The van der Waals surface area contributed by atoms with Crippen LogP contribution in [0, 0.1) is 16.2 Å². The molecule has 2 amide bonds. The number of carbonyl (C=O) groups is 2. The molecule has 1 unspecified atom stereocenters. The highest BCUT2D eigenvalue weighted by Gasteiger charge is 2.73. The van der Waals surface area contributed by atoms with E-state index in [4.69, 9.17) is 0 Å². The van der Waals surface area contributed by atoms with E-state index < -0.39 is 70.7 Å². The minimum absolute atomic E-state index is 0.0452. The predicted octanol–water partition coefficient (Wildman–Crippen LogP) is 9.20. The molecule has 3 aromatic carbocycles. The Hall–Kier alpha value is -4.44. The van der Waals surface area contributed by atoms with Crippen LogP contribution in [0.5, 0.6) is 0 Å². The zero-order valence-electron chi connectivity index (χ0n) is 40.2. The van der Waals surface area contributed by atoms with E-state index in [1.165, 1.54) is 47.0 Å². The molecule has 0 aromatic heterocycles. The maximum Gasteiger partial charge on any atom is 0.501 e. The van der Waals surface area contributed by atoms with Gasteiger partial charge in [-0.15, -0.1) is 11.8 Å². The van der Waals surface area contributed by atoms with Crippen molar-refractivity contribution in [3.63, 3.8) is 0 Å². The summed E-state index contributed by atoms with van der Waals surface area (Å²) >= 11 is 1.40. The number of thioether (sulfide) groups is 1. The molecule has 1 atom stereocenters. The van der Waals surface area contributed by atoms with E-state index in [-0.39, 0.29) is 22.4 Å². The zero-order valence-corrected chi connectivity index (χ0v) is 42.6. The molecule has 0 radical (unpaired) electrons. The van der Waals surface area contributed by atoms with E-state index in [1.807, 2.05) is 35.1 Å². The minimum atomic E-state index is -6.12. The highest BCUT2D eigenvalue weighted by atomic mass is 32.2. The molecule has 3 saturated carbocycles. The molecule has 5 fully saturated rings. The number of allylic oxidation sites excluding steroid dienone is 1. The smallest absolute Gasteiger partial charge is 0.465 e. The van der Waals surface area contributed by atoms with E-state index >= 15 is 0 Å². The molecule has 71 heavy (non-hydrogen) atoms. The first-order chi connectivity index (χ1) is 33.4. The molecule has 6 aliphatic rings. The Balaban J connectivity index is 0.915. The molecule has 2 aliphatic heterocycles. The van der Waals surface area contributed by atoms with E-state index in [0.29, 0.717) is 83.1 Å². The van der Waals surface area contributed by atoms with Crippen LogP contribution < -0.4 is 14.9 Å². The summed E-state index contributed by atoms with van der Waals surface area (Å²) < 4.78 is 126. The number of alkyl halides is 5. The number of amides is 2. The molecule has 388 valence electrons. The third kappa shape index (κ3) is 11.5. The second-order valence-corrected chi connectivity index (χ2v) is 25.7. The monoisotopic (exact) mass is 1050 g/mol. The molecule has 4 aliphatic carbocycles. The van der Waals surface area contributed by atoms with Gasteiger partial charge in [-0.2, -0.15) is 13.2 Å². The van der Waals surface area contributed by atoms with Crippen LogP contribution in [0.2, 0.25) is 0 Å².